The quantitative estimate of drug-likeness (QED) is 0.556. The fourth-order valence-corrected chi connectivity index (χ4v) is 2.68. The average molecular weight is 294 g/mol. The lowest BCUT2D eigenvalue weighted by Gasteiger charge is -2.23. The highest BCUT2D eigenvalue weighted by molar-refractivity contribution is 5.13. The van der Waals surface area contributed by atoms with Crippen LogP contribution in [0.5, 0.6) is 0 Å². The van der Waals surface area contributed by atoms with Gasteiger partial charge in [-0.3, -0.25) is 5.26 Å². The van der Waals surface area contributed by atoms with E-state index in [2.05, 4.69) is 4.89 Å². The molecule has 0 radical (unpaired) electrons. The lowest BCUT2D eigenvalue weighted by molar-refractivity contribution is -0.262. The normalized spacial score (nSPS) is 17.8. The first-order chi connectivity index (χ1) is 10.4. The van der Waals surface area contributed by atoms with E-state index in [1.807, 2.05) is 30.3 Å². The second-order valence-corrected chi connectivity index (χ2v) is 5.63. The van der Waals surface area contributed by atoms with E-state index in [4.69, 9.17) is 14.7 Å². The summed E-state index contributed by atoms with van der Waals surface area (Å²) in [7, 11) is 0. The van der Waals surface area contributed by atoms with Gasteiger partial charge < -0.3 is 9.47 Å². The summed E-state index contributed by atoms with van der Waals surface area (Å²) < 4.78 is 11.7. The lowest BCUT2D eigenvalue weighted by Crippen LogP contribution is -2.24. The van der Waals surface area contributed by atoms with Gasteiger partial charge in [0.15, 0.2) is 0 Å². The Kier molecular flexibility index (Phi) is 7.75. The summed E-state index contributed by atoms with van der Waals surface area (Å²) in [4.78, 5) is 4.25. The Bertz CT molecular complexity index is 362. The summed E-state index contributed by atoms with van der Waals surface area (Å²) in [5.74, 6) is 0. The van der Waals surface area contributed by atoms with Crippen molar-refractivity contribution in [3.8, 4) is 0 Å². The predicted octanol–water partition coefficient (Wildman–Crippen LogP) is 3.80. The zero-order chi connectivity index (χ0) is 14.8. The molecular weight excluding hydrogens is 268 g/mol. The molecule has 1 unspecified atom stereocenters. The zero-order valence-corrected chi connectivity index (χ0v) is 12.6. The molecule has 0 heterocycles. The van der Waals surface area contributed by atoms with E-state index >= 15 is 0 Å². The Morgan fingerprint density at radius 2 is 1.86 bits per heavy atom. The molecule has 0 saturated heterocycles. The van der Waals surface area contributed by atoms with Crippen LogP contribution in [0.1, 0.15) is 44.1 Å². The van der Waals surface area contributed by atoms with Crippen LogP contribution in [-0.4, -0.2) is 30.7 Å². The summed E-state index contributed by atoms with van der Waals surface area (Å²) in [5, 5.41) is 8.66. The van der Waals surface area contributed by atoms with Crippen LogP contribution < -0.4 is 0 Å². The maximum atomic E-state index is 8.66. The van der Waals surface area contributed by atoms with Gasteiger partial charge >= 0.3 is 0 Å². The van der Waals surface area contributed by atoms with E-state index in [1.54, 1.807) is 0 Å². The highest BCUT2D eigenvalue weighted by Gasteiger charge is 2.15. The molecule has 1 aliphatic rings. The number of benzene rings is 1. The van der Waals surface area contributed by atoms with Crippen molar-refractivity contribution in [3.05, 3.63) is 35.9 Å². The molecule has 0 aliphatic heterocycles. The Labute approximate surface area is 127 Å². The van der Waals surface area contributed by atoms with Crippen LogP contribution >= 0.6 is 0 Å². The third kappa shape index (κ3) is 6.57. The van der Waals surface area contributed by atoms with Crippen molar-refractivity contribution in [1.29, 1.82) is 0 Å². The first kappa shape index (κ1) is 16.4. The topological polar surface area (TPSA) is 47.9 Å². The van der Waals surface area contributed by atoms with E-state index < -0.39 is 0 Å². The molecule has 1 N–H and O–H groups in total. The van der Waals surface area contributed by atoms with E-state index in [-0.39, 0.29) is 12.7 Å². The Morgan fingerprint density at radius 1 is 1.10 bits per heavy atom. The molecule has 1 aromatic rings. The molecular formula is C17H26O4. The van der Waals surface area contributed by atoms with Gasteiger partial charge in [-0.25, -0.2) is 4.89 Å². The SMILES string of the molecule is OOCC(CCOC1CCCCC1)OCc1ccccc1. The zero-order valence-electron chi connectivity index (χ0n) is 12.6. The van der Waals surface area contributed by atoms with Crippen LogP contribution in [0.3, 0.4) is 0 Å². The molecule has 118 valence electrons. The van der Waals surface area contributed by atoms with Gasteiger partial charge in [-0.2, -0.15) is 0 Å². The molecule has 4 nitrogen and oxygen atoms in total. The van der Waals surface area contributed by atoms with Gasteiger partial charge in [-0.05, 0) is 24.8 Å². The number of hydrogen-bond acceptors (Lipinski definition) is 4. The Hall–Kier alpha value is -0.940. The van der Waals surface area contributed by atoms with Gasteiger partial charge in [-0.1, -0.05) is 49.6 Å². The van der Waals surface area contributed by atoms with Crippen LogP contribution in [-0.2, 0) is 21.0 Å². The second-order valence-electron chi connectivity index (χ2n) is 5.63. The van der Waals surface area contributed by atoms with Gasteiger partial charge in [0.1, 0.15) is 6.61 Å². The molecule has 21 heavy (non-hydrogen) atoms. The Morgan fingerprint density at radius 3 is 2.57 bits per heavy atom. The van der Waals surface area contributed by atoms with Crippen LogP contribution in [0, 0.1) is 0 Å². The summed E-state index contributed by atoms with van der Waals surface area (Å²) in [6.07, 6.45) is 7.24. The fraction of sp³-hybridized carbons (Fsp3) is 0.647. The van der Waals surface area contributed by atoms with E-state index in [0.29, 0.717) is 19.3 Å². The van der Waals surface area contributed by atoms with Gasteiger partial charge in [0.05, 0.1) is 18.8 Å². The molecule has 1 saturated carbocycles. The van der Waals surface area contributed by atoms with Crippen molar-refractivity contribution < 1.29 is 19.6 Å². The number of rotatable bonds is 9. The van der Waals surface area contributed by atoms with Crippen molar-refractivity contribution in [1.82, 2.24) is 0 Å². The highest BCUT2D eigenvalue weighted by atomic mass is 17.1. The van der Waals surface area contributed by atoms with E-state index in [9.17, 15) is 0 Å². The van der Waals surface area contributed by atoms with Crippen molar-refractivity contribution >= 4 is 0 Å². The molecule has 4 heteroatoms. The van der Waals surface area contributed by atoms with Crippen LogP contribution in [0.25, 0.3) is 0 Å². The van der Waals surface area contributed by atoms with Gasteiger partial charge in [0.25, 0.3) is 0 Å². The van der Waals surface area contributed by atoms with Crippen molar-refractivity contribution in [2.24, 2.45) is 0 Å². The highest BCUT2D eigenvalue weighted by Crippen LogP contribution is 2.20. The standard InChI is InChI=1S/C17H26O4/c18-21-14-17(20-13-15-7-3-1-4-8-15)11-12-19-16-9-5-2-6-10-16/h1,3-4,7-8,16-18H,2,5-6,9-14H2. The van der Waals surface area contributed by atoms with E-state index in [1.165, 1.54) is 32.1 Å². The minimum atomic E-state index is -0.140. The molecule has 1 aromatic carbocycles. The fourth-order valence-electron chi connectivity index (χ4n) is 2.68. The molecule has 0 aromatic heterocycles. The molecule has 0 amide bonds. The van der Waals surface area contributed by atoms with Crippen molar-refractivity contribution in [3.63, 3.8) is 0 Å². The molecule has 1 atom stereocenters. The first-order valence-corrected chi connectivity index (χ1v) is 7.92. The summed E-state index contributed by atoms with van der Waals surface area (Å²) in [6.45, 7) is 1.37. The third-order valence-electron chi connectivity index (χ3n) is 3.93. The van der Waals surface area contributed by atoms with Crippen molar-refractivity contribution in [2.75, 3.05) is 13.2 Å². The smallest absolute Gasteiger partial charge is 0.108 e. The largest absolute Gasteiger partial charge is 0.378 e. The predicted molar refractivity (Wildman–Crippen MR) is 81.0 cm³/mol. The molecule has 0 bridgehead atoms. The monoisotopic (exact) mass is 294 g/mol. The third-order valence-corrected chi connectivity index (χ3v) is 3.93. The summed E-state index contributed by atoms with van der Waals surface area (Å²) >= 11 is 0. The number of ether oxygens (including phenoxy) is 2. The minimum Gasteiger partial charge on any atom is -0.378 e. The second kappa shape index (κ2) is 9.90. The minimum absolute atomic E-state index is 0.140. The Balaban J connectivity index is 1.66. The van der Waals surface area contributed by atoms with Gasteiger partial charge in [0, 0.05) is 6.61 Å². The van der Waals surface area contributed by atoms with Gasteiger partial charge in [0.2, 0.25) is 0 Å². The summed E-state index contributed by atoms with van der Waals surface area (Å²) in [5.41, 5.74) is 1.12. The maximum Gasteiger partial charge on any atom is 0.108 e. The first-order valence-electron chi connectivity index (χ1n) is 7.92. The molecule has 2 rings (SSSR count). The van der Waals surface area contributed by atoms with Gasteiger partial charge in [-0.15, -0.1) is 0 Å². The maximum absolute atomic E-state index is 8.66. The van der Waals surface area contributed by atoms with Crippen LogP contribution in [0.4, 0.5) is 0 Å². The molecule has 0 spiro atoms. The van der Waals surface area contributed by atoms with Crippen LogP contribution in [0.15, 0.2) is 30.3 Å². The van der Waals surface area contributed by atoms with E-state index in [0.717, 1.165) is 12.0 Å². The number of hydrogen-bond donors (Lipinski definition) is 1. The lowest BCUT2D eigenvalue weighted by atomic mass is 9.98. The summed E-state index contributed by atoms with van der Waals surface area (Å²) in [6, 6.07) is 10.0. The molecule has 1 fully saturated rings. The molecule has 1 aliphatic carbocycles. The average Bonchev–Trinajstić information content (AvgIpc) is 2.54. The van der Waals surface area contributed by atoms with Crippen molar-refractivity contribution in [2.45, 2.75) is 57.3 Å². The van der Waals surface area contributed by atoms with Crippen LogP contribution in [0.2, 0.25) is 0 Å².